The predicted molar refractivity (Wildman–Crippen MR) is 92.4 cm³/mol. The van der Waals surface area contributed by atoms with Crippen LogP contribution in [0.4, 0.5) is 13.2 Å². The number of halogens is 3. The summed E-state index contributed by atoms with van der Waals surface area (Å²) in [5, 5.41) is 13.3. The van der Waals surface area contributed by atoms with Gasteiger partial charge in [0.2, 0.25) is 0 Å². The lowest BCUT2D eigenvalue weighted by Gasteiger charge is -2.38. The second kappa shape index (κ2) is 8.90. The molecule has 0 aromatic heterocycles. The highest BCUT2D eigenvalue weighted by Crippen LogP contribution is 2.30. The molecule has 1 fully saturated rings. The molecule has 6 nitrogen and oxygen atoms in total. The lowest BCUT2D eigenvalue weighted by Crippen LogP contribution is -2.55. The maximum atomic E-state index is 12.7. The van der Waals surface area contributed by atoms with Crippen molar-refractivity contribution in [1.82, 2.24) is 10.2 Å². The fourth-order valence-electron chi connectivity index (χ4n) is 3.07. The highest BCUT2D eigenvalue weighted by atomic mass is 19.4. The van der Waals surface area contributed by atoms with Gasteiger partial charge in [0, 0.05) is 20.7 Å². The molecule has 0 unspecified atom stereocenters. The lowest BCUT2D eigenvalue weighted by atomic mass is 9.90. The number of carbonyl (C=O) groups excluding carboxylic acids is 1. The fourth-order valence-corrected chi connectivity index (χ4v) is 3.07. The first-order chi connectivity index (χ1) is 12.7. The van der Waals surface area contributed by atoms with Crippen LogP contribution in [0.1, 0.15) is 18.4 Å². The Morgan fingerprint density at radius 1 is 1.30 bits per heavy atom. The lowest BCUT2D eigenvalue weighted by molar-refractivity contribution is -0.158. The number of piperidine rings is 1. The number of aliphatic hydroxyl groups is 1. The molecule has 0 spiro atoms. The van der Waals surface area contributed by atoms with Crippen molar-refractivity contribution in [2.75, 3.05) is 40.4 Å². The molecular formula is C18H25F3N2O4. The summed E-state index contributed by atoms with van der Waals surface area (Å²) in [5.41, 5.74) is -1.67. The van der Waals surface area contributed by atoms with Gasteiger partial charge in [0.25, 0.3) is 5.91 Å². The van der Waals surface area contributed by atoms with Crippen LogP contribution in [-0.4, -0.2) is 68.0 Å². The molecule has 1 heterocycles. The highest BCUT2D eigenvalue weighted by Gasteiger charge is 2.41. The van der Waals surface area contributed by atoms with Crippen LogP contribution in [0.15, 0.2) is 24.3 Å². The minimum absolute atomic E-state index is 0.0258. The Kier molecular flexibility index (Phi) is 7.07. The van der Waals surface area contributed by atoms with Gasteiger partial charge in [-0.2, -0.15) is 13.2 Å². The first-order valence-electron chi connectivity index (χ1n) is 8.67. The van der Waals surface area contributed by atoms with E-state index >= 15 is 0 Å². The standard InChI is InChI=1S/C18H25F3N2O4/c1-23(16(25)17(26-2)7-9-22-10-8-17)11-14(24)12-27-15-5-3-13(4-6-15)18(19,20)21/h3-6,14,22,24H,7-12H2,1-2H3/t14-/m0/s1. The van der Waals surface area contributed by atoms with Gasteiger partial charge in [-0.25, -0.2) is 0 Å². The van der Waals surface area contributed by atoms with Crippen LogP contribution in [0.25, 0.3) is 0 Å². The molecule has 2 N–H and O–H groups in total. The zero-order chi connectivity index (χ0) is 20.1. The van der Waals surface area contributed by atoms with E-state index in [1.165, 1.54) is 24.1 Å². The second-order valence-electron chi connectivity index (χ2n) is 6.62. The summed E-state index contributed by atoms with van der Waals surface area (Å²) >= 11 is 0. The number of aliphatic hydroxyl groups excluding tert-OH is 1. The zero-order valence-corrected chi connectivity index (χ0v) is 15.4. The van der Waals surface area contributed by atoms with Crippen LogP contribution < -0.4 is 10.1 Å². The third-order valence-corrected chi connectivity index (χ3v) is 4.65. The van der Waals surface area contributed by atoms with Crippen LogP contribution in [0.2, 0.25) is 0 Å². The number of carbonyl (C=O) groups is 1. The van der Waals surface area contributed by atoms with Gasteiger partial charge < -0.3 is 24.8 Å². The van der Waals surface area contributed by atoms with Gasteiger partial charge in [0.05, 0.1) is 5.56 Å². The quantitative estimate of drug-likeness (QED) is 0.741. The molecule has 2 rings (SSSR count). The molecular weight excluding hydrogens is 365 g/mol. The number of nitrogens with one attached hydrogen (secondary N) is 1. The molecule has 0 aliphatic carbocycles. The summed E-state index contributed by atoms with van der Waals surface area (Å²) in [6, 6.07) is 4.21. The highest BCUT2D eigenvalue weighted by molar-refractivity contribution is 5.85. The van der Waals surface area contributed by atoms with Gasteiger partial charge in [-0.3, -0.25) is 4.79 Å². The molecule has 0 bridgehead atoms. The Labute approximate surface area is 156 Å². The summed E-state index contributed by atoms with van der Waals surface area (Å²) in [6.45, 7) is 1.22. The SMILES string of the molecule is COC1(C(=O)N(C)C[C@H](O)COc2ccc(C(F)(F)F)cc2)CCNCC1. The number of nitrogens with zero attached hydrogens (tertiary/aromatic N) is 1. The summed E-state index contributed by atoms with van der Waals surface area (Å²) in [5.74, 6) is 0.00262. The number of amides is 1. The molecule has 27 heavy (non-hydrogen) atoms. The second-order valence-corrected chi connectivity index (χ2v) is 6.62. The van der Waals surface area contributed by atoms with Crippen molar-refractivity contribution in [1.29, 1.82) is 0 Å². The molecule has 1 aromatic carbocycles. The Morgan fingerprint density at radius 2 is 1.89 bits per heavy atom. The monoisotopic (exact) mass is 390 g/mol. The van der Waals surface area contributed by atoms with E-state index in [1.54, 1.807) is 7.05 Å². The molecule has 9 heteroatoms. The van der Waals surface area contributed by atoms with Gasteiger partial charge in [-0.1, -0.05) is 0 Å². The van der Waals surface area contributed by atoms with Crippen molar-refractivity contribution in [2.45, 2.75) is 30.7 Å². The Morgan fingerprint density at radius 3 is 2.41 bits per heavy atom. The summed E-state index contributed by atoms with van der Waals surface area (Å²) in [7, 11) is 3.08. The Hall–Kier alpha value is -1.84. The number of hydrogen-bond donors (Lipinski definition) is 2. The number of benzene rings is 1. The normalized spacial score (nSPS) is 18.0. The number of rotatable bonds is 7. The number of ether oxygens (including phenoxy) is 2. The van der Waals surface area contributed by atoms with Crippen LogP contribution in [-0.2, 0) is 15.7 Å². The predicted octanol–water partition coefficient (Wildman–Crippen LogP) is 1.67. The van der Waals surface area contributed by atoms with Crippen molar-refractivity contribution in [2.24, 2.45) is 0 Å². The van der Waals surface area contributed by atoms with E-state index in [4.69, 9.17) is 9.47 Å². The molecule has 0 saturated carbocycles. The number of likely N-dealkylation sites (N-methyl/N-ethyl adjacent to an activating group) is 1. The molecule has 0 radical (unpaired) electrons. The number of methoxy groups -OCH3 is 1. The number of hydrogen-bond acceptors (Lipinski definition) is 5. The maximum Gasteiger partial charge on any atom is 0.416 e. The average Bonchev–Trinajstić information content (AvgIpc) is 2.65. The molecule has 1 aliphatic heterocycles. The molecule has 1 amide bonds. The largest absolute Gasteiger partial charge is 0.491 e. The molecule has 1 atom stereocenters. The van der Waals surface area contributed by atoms with Crippen LogP contribution in [0.3, 0.4) is 0 Å². The summed E-state index contributed by atoms with van der Waals surface area (Å²) < 4.78 is 48.4. The van der Waals surface area contributed by atoms with Gasteiger partial charge >= 0.3 is 6.18 Å². The van der Waals surface area contributed by atoms with Crippen molar-refractivity contribution in [3.05, 3.63) is 29.8 Å². The van der Waals surface area contributed by atoms with Crippen molar-refractivity contribution in [3.63, 3.8) is 0 Å². The minimum Gasteiger partial charge on any atom is -0.491 e. The first-order valence-corrected chi connectivity index (χ1v) is 8.67. The van der Waals surface area contributed by atoms with E-state index in [0.717, 1.165) is 12.1 Å². The summed E-state index contributed by atoms with van der Waals surface area (Å²) in [6.07, 6.45) is -4.31. The molecule has 1 saturated heterocycles. The molecule has 1 aromatic rings. The third-order valence-electron chi connectivity index (χ3n) is 4.65. The van der Waals surface area contributed by atoms with Crippen molar-refractivity contribution >= 4 is 5.91 Å². The summed E-state index contributed by atoms with van der Waals surface area (Å²) in [4.78, 5) is 14.1. The first kappa shape index (κ1) is 21.5. The topological polar surface area (TPSA) is 71.0 Å². The molecule has 152 valence electrons. The number of alkyl halides is 3. The van der Waals surface area contributed by atoms with Crippen molar-refractivity contribution in [3.8, 4) is 5.75 Å². The maximum absolute atomic E-state index is 12.7. The van der Waals surface area contributed by atoms with E-state index in [0.29, 0.717) is 25.9 Å². The molecule has 1 aliphatic rings. The Balaban J connectivity index is 1.85. The van der Waals surface area contributed by atoms with E-state index in [9.17, 15) is 23.1 Å². The van der Waals surface area contributed by atoms with E-state index in [-0.39, 0.29) is 24.8 Å². The van der Waals surface area contributed by atoms with E-state index in [2.05, 4.69) is 5.32 Å². The smallest absolute Gasteiger partial charge is 0.416 e. The average molecular weight is 390 g/mol. The third kappa shape index (κ3) is 5.57. The minimum atomic E-state index is -4.41. The van der Waals surface area contributed by atoms with Crippen LogP contribution in [0.5, 0.6) is 5.75 Å². The zero-order valence-electron chi connectivity index (χ0n) is 15.4. The fraction of sp³-hybridized carbons (Fsp3) is 0.611. The Bertz CT molecular complexity index is 616. The van der Waals surface area contributed by atoms with Gasteiger partial charge in [-0.15, -0.1) is 0 Å². The van der Waals surface area contributed by atoms with Crippen LogP contribution >= 0.6 is 0 Å². The van der Waals surface area contributed by atoms with Gasteiger partial charge in [0.1, 0.15) is 24.1 Å². The van der Waals surface area contributed by atoms with Crippen molar-refractivity contribution < 1.29 is 32.5 Å². The van der Waals surface area contributed by atoms with Gasteiger partial charge in [-0.05, 0) is 50.2 Å². The van der Waals surface area contributed by atoms with Crippen LogP contribution in [0, 0.1) is 0 Å². The van der Waals surface area contributed by atoms with Gasteiger partial charge in [0.15, 0.2) is 0 Å². The van der Waals surface area contributed by atoms with E-state index in [1.807, 2.05) is 0 Å². The van der Waals surface area contributed by atoms with E-state index < -0.39 is 23.4 Å².